The first-order valence-corrected chi connectivity index (χ1v) is 11.9. The number of esters is 1. The van der Waals surface area contributed by atoms with Crippen LogP contribution in [0.1, 0.15) is 45.7 Å². The molecule has 3 heterocycles. The molecular formula is C25H27N3O5S. The van der Waals surface area contributed by atoms with Crippen molar-refractivity contribution in [2.45, 2.75) is 33.6 Å². The number of hydrogen-bond acceptors (Lipinski definition) is 6. The second-order valence-electron chi connectivity index (χ2n) is 8.51. The third-order valence-electron chi connectivity index (χ3n) is 6.24. The number of rotatable bonds is 5. The van der Waals surface area contributed by atoms with Crippen molar-refractivity contribution in [2.24, 2.45) is 0 Å². The number of thioether (sulfide) groups is 1. The summed E-state index contributed by atoms with van der Waals surface area (Å²) in [6.07, 6.45) is 3.62. The van der Waals surface area contributed by atoms with Crippen LogP contribution >= 0.6 is 11.8 Å². The fourth-order valence-electron chi connectivity index (χ4n) is 4.43. The fraction of sp³-hybridized carbons (Fsp3) is 0.360. The summed E-state index contributed by atoms with van der Waals surface area (Å²) in [6, 6.07) is 7.31. The van der Waals surface area contributed by atoms with Crippen LogP contribution in [0.15, 0.2) is 29.2 Å². The predicted molar refractivity (Wildman–Crippen MR) is 130 cm³/mol. The Bertz CT molecular complexity index is 1220. The molecule has 2 aliphatic heterocycles. The van der Waals surface area contributed by atoms with E-state index in [1.165, 1.54) is 7.11 Å². The zero-order chi connectivity index (χ0) is 24.6. The molecule has 2 fully saturated rings. The van der Waals surface area contributed by atoms with Gasteiger partial charge >= 0.3 is 5.97 Å². The molecule has 0 aliphatic carbocycles. The van der Waals surface area contributed by atoms with Gasteiger partial charge in [0.25, 0.3) is 11.1 Å². The predicted octanol–water partition coefficient (Wildman–Crippen LogP) is 3.85. The highest BCUT2D eigenvalue weighted by atomic mass is 32.2. The number of benzene rings is 1. The SMILES string of the molecule is COC(=O)c1ccc(-n2c(C)cc(C=C3SC(=O)N(CC(=O)N4CCCC4)C3=O)c2C)c(C)c1. The van der Waals surface area contributed by atoms with E-state index in [4.69, 9.17) is 4.74 Å². The van der Waals surface area contributed by atoms with Crippen molar-refractivity contribution < 1.29 is 23.9 Å². The minimum Gasteiger partial charge on any atom is -0.465 e. The molecule has 2 aromatic rings. The van der Waals surface area contributed by atoms with Gasteiger partial charge in [0.1, 0.15) is 6.54 Å². The summed E-state index contributed by atoms with van der Waals surface area (Å²) in [7, 11) is 1.35. The highest BCUT2D eigenvalue weighted by Gasteiger charge is 2.37. The topological polar surface area (TPSA) is 88.9 Å². The zero-order valence-electron chi connectivity index (χ0n) is 19.7. The summed E-state index contributed by atoms with van der Waals surface area (Å²) in [5.74, 6) is -1.02. The first kappa shape index (κ1) is 23.8. The maximum absolute atomic E-state index is 12.9. The van der Waals surface area contributed by atoms with Crippen LogP contribution in [0, 0.1) is 20.8 Å². The van der Waals surface area contributed by atoms with Crippen LogP contribution in [0.5, 0.6) is 0 Å². The highest BCUT2D eigenvalue weighted by Crippen LogP contribution is 2.34. The first-order chi connectivity index (χ1) is 16.2. The quantitative estimate of drug-likeness (QED) is 0.476. The van der Waals surface area contributed by atoms with Gasteiger partial charge in [-0.15, -0.1) is 0 Å². The van der Waals surface area contributed by atoms with Crippen molar-refractivity contribution in [3.63, 3.8) is 0 Å². The van der Waals surface area contributed by atoms with Gasteiger partial charge in [-0.25, -0.2) is 4.79 Å². The second kappa shape index (κ2) is 9.50. The number of carbonyl (C=O) groups excluding carboxylic acids is 4. The Morgan fingerprint density at radius 1 is 1.09 bits per heavy atom. The van der Waals surface area contributed by atoms with Crippen molar-refractivity contribution in [1.82, 2.24) is 14.4 Å². The lowest BCUT2D eigenvalue weighted by atomic mass is 10.1. The van der Waals surface area contributed by atoms with Gasteiger partial charge in [-0.2, -0.15) is 0 Å². The standard InChI is InChI=1S/C25H27N3O5S/c1-15-11-18(24(31)33-4)7-8-20(15)28-16(2)12-19(17(28)3)13-21-23(30)27(25(32)34-21)14-22(29)26-9-5-6-10-26/h7-8,11-13H,5-6,9-10,14H2,1-4H3. The molecule has 178 valence electrons. The maximum Gasteiger partial charge on any atom is 0.337 e. The maximum atomic E-state index is 12.9. The number of amides is 3. The Kier molecular flexibility index (Phi) is 6.65. The molecule has 0 N–H and O–H groups in total. The Labute approximate surface area is 202 Å². The number of carbonyl (C=O) groups is 4. The summed E-state index contributed by atoms with van der Waals surface area (Å²) in [5, 5.41) is -0.424. The molecule has 3 amide bonds. The number of nitrogens with zero attached hydrogens (tertiary/aromatic N) is 3. The number of aromatic nitrogens is 1. The van der Waals surface area contributed by atoms with E-state index >= 15 is 0 Å². The molecule has 2 aliphatic rings. The Morgan fingerprint density at radius 2 is 1.79 bits per heavy atom. The van der Waals surface area contributed by atoms with Crippen LogP contribution in [0.2, 0.25) is 0 Å². The van der Waals surface area contributed by atoms with Crippen molar-refractivity contribution in [3.8, 4) is 5.69 Å². The van der Waals surface area contributed by atoms with Crippen molar-refractivity contribution in [1.29, 1.82) is 0 Å². The molecular weight excluding hydrogens is 454 g/mol. The van der Waals surface area contributed by atoms with E-state index < -0.39 is 17.1 Å². The van der Waals surface area contributed by atoms with Gasteiger partial charge < -0.3 is 14.2 Å². The summed E-state index contributed by atoms with van der Waals surface area (Å²) >= 11 is 0.859. The van der Waals surface area contributed by atoms with E-state index in [1.54, 1.807) is 23.1 Å². The van der Waals surface area contributed by atoms with E-state index in [2.05, 4.69) is 0 Å². The van der Waals surface area contributed by atoms with Crippen LogP contribution < -0.4 is 0 Å². The smallest absolute Gasteiger partial charge is 0.337 e. The normalized spacial score (nSPS) is 17.2. The number of methoxy groups -OCH3 is 1. The van der Waals surface area contributed by atoms with Crippen LogP contribution in [-0.4, -0.2) is 64.1 Å². The van der Waals surface area contributed by atoms with Gasteiger partial charge in [0, 0.05) is 30.2 Å². The molecule has 9 heteroatoms. The third-order valence-corrected chi connectivity index (χ3v) is 7.15. The molecule has 8 nitrogen and oxygen atoms in total. The van der Waals surface area contributed by atoms with Crippen molar-refractivity contribution >= 4 is 40.9 Å². The molecule has 0 atom stereocenters. The van der Waals surface area contributed by atoms with E-state index in [-0.39, 0.29) is 12.5 Å². The molecule has 1 aromatic heterocycles. The van der Waals surface area contributed by atoms with Crippen LogP contribution in [0.4, 0.5) is 4.79 Å². The van der Waals surface area contributed by atoms with Gasteiger partial charge in [-0.05, 0) is 86.8 Å². The first-order valence-electron chi connectivity index (χ1n) is 11.1. The van der Waals surface area contributed by atoms with Gasteiger partial charge in [0.05, 0.1) is 17.6 Å². The van der Waals surface area contributed by atoms with E-state index in [0.29, 0.717) is 23.6 Å². The number of aryl methyl sites for hydroxylation is 2. The van der Waals surface area contributed by atoms with Gasteiger partial charge in [0.2, 0.25) is 5.91 Å². The molecule has 34 heavy (non-hydrogen) atoms. The average molecular weight is 482 g/mol. The lowest BCUT2D eigenvalue weighted by molar-refractivity contribution is -0.135. The Morgan fingerprint density at radius 3 is 2.44 bits per heavy atom. The van der Waals surface area contributed by atoms with Crippen molar-refractivity contribution in [2.75, 3.05) is 26.7 Å². The average Bonchev–Trinajstić information content (AvgIpc) is 3.50. The van der Waals surface area contributed by atoms with E-state index in [0.717, 1.165) is 57.7 Å². The van der Waals surface area contributed by atoms with Crippen molar-refractivity contribution in [3.05, 3.63) is 57.2 Å². The lowest BCUT2D eigenvalue weighted by Crippen LogP contribution is -2.40. The monoisotopic (exact) mass is 481 g/mol. The van der Waals surface area contributed by atoms with Gasteiger partial charge in [-0.1, -0.05) is 0 Å². The molecule has 0 spiro atoms. The fourth-order valence-corrected chi connectivity index (χ4v) is 5.26. The molecule has 1 aromatic carbocycles. The van der Waals surface area contributed by atoms with Gasteiger partial charge in [-0.3, -0.25) is 19.3 Å². The molecule has 0 radical (unpaired) electrons. The van der Waals surface area contributed by atoms with Crippen LogP contribution in [-0.2, 0) is 14.3 Å². The minimum absolute atomic E-state index is 0.190. The van der Waals surface area contributed by atoms with Gasteiger partial charge in [0.15, 0.2) is 0 Å². The molecule has 2 saturated heterocycles. The number of hydrogen-bond donors (Lipinski definition) is 0. The minimum atomic E-state index is -0.439. The number of imide groups is 1. The van der Waals surface area contributed by atoms with Crippen LogP contribution in [0.3, 0.4) is 0 Å². The zero-order valence-corrected chi connectivity index (χ0v) is 20.5. The van der Waals surface area contributed by atoms with Crippen LogP contribution in [0.25, 0.3) is 11.8 Å². The molecule has 0 saturated carbocycles. The summed E-state index contributed by atoms with van der Waals surface area (Å²) in [4.78, 5) is 52.7. The summed E-state index contributed by atoms with van der Waals surface area (Å²) < 4.78 is 6.85. The number of likely N-dealkylation sites (tertiary alicyclic amines) is 1. The highest BCUT2D eigenvalue weighted by molar-refractivity contribution is 8.18. The van der Waals surface area contributed by atoms with E-state index in [1.807, 2.05) is 37.5 Å². The number of ether oxygens (including phenoxy) is 1. The lowest BCUT2D eigenvalue weighted by Gasteiger charge is -2.18. The van der Waals surface area contributed by atoms with E-state index in [9.17, 15) is 19.2 Å². The Hall–Kier alpha value is -3.33. The second-order valence-corrected chi connectivity index (χ2v) is 9.50. The Balaban J connectivity index is 1.59. The molecule has 0 unspecified atom stereocenters. The molecule has 0 bridgehead atoms. The summed E-state index contributed by atoms with van der Waals surface area (Å²) in [5.41, 5.74) is 4.94. The third kappa shape index (κ3) is 4.40. The summed E-state index contributed by atoms with van der Waals surface area (Å²) in [6.45, 7) is 6.95. The largest absolute Gasteiger partial charge is 0.465 e. The molecule has 4 rings (SSSR count).